The van der Waals surface area contributed by atoms with Crippen LogP contribution >= 0.6 is 0 Å². The fraction of sp³-hybridized carbons (Fsp3) is 0.750. The van der Waals surface area contributed by atoms with E-state index in [1.807, 2.05) is 6.92 Å². The molecule has 5 heteroatoms. The van der Waals surface area contributed by atoms with Crippen molar-refractivity contribution in [2.45, 2.75) is 72.3 Å². The van der Waals surface area contributed by atoms with E-state index in [0.29, 0.717) is 11.5 Å². The second kappa shape index (κ2) is 6.60. The Bertz CT molecular complexity index is 484. The van der Waals surface area contributed by atoms with Gasteiger partial charge in [-0.05, 0) is 31.6 Å². The quantitative estimate of drug-likeness (QED) is 0.572. The average Bonchev–Trinajstić information content (AvgIpc) is 2.44. The normalized spacial score (nSPS) is 21.1. The molecule has 1 heterocycles. The summed E-state index contributed by atoms with van der Waals surface area (Å²) in [4.78, 5) is 9.20. The van der Waals surface area contributed by atoms with E-state index in [0.717, 1.165) is 35.9 Å². The highest BCUT2D eigenvalue weighted by molar-refractivity contribution is 5.57. The maximum absolute atomic E-state index is 5.60. The van der Waals surface area contributed by atoms with Crippen LogP contribution in [0.1, 0.15) is 64.3 Å². The van der Waals surface area contributed by atoms with Crippen LogP contribution in [0.3, 0.4) is 0 Å². The summed E-state index contributed by atoms with van der Waals surface area (Å²) in [5, 5.41) is 3.67. The van der Waals surface area contributed by atoms with Crippen LogP contribution in [0.25, 0.3) is 0 Å². The maximum Gasteiger partial charge on any atom is 0.148 e. The molecule has 0 saturated heterocycles. The molecule has 1 unspecified atom stereocenters. The molecule has 0 aliphatic heterocycles. The summed E-state index contributed by atoms with van der Waals surface area (Å²) >= 11 is 0. The predicted molar refractivity (Wildman–Crippen MR) is 88.2 cm³/mol. The van der Waals surface area contributed by atoms with E-state index in [1.165, 1.54) is 25.7 Å². The molecule has 0 spiro atoms. The first kappa shape index (κ1) is 16.0. The molecule has 1 atom stereocenters. The Balaban J connectivity index is 2.27. The van der Waals surface area contributed by atoms with Crippen molar-refractivity contribution in [3.8, 4) is 0 Å². The summed E-state index contributed by atoms with van der Waals surface area (Å²) in [5.74, 6) is 8.12. The van der Waals surface area contributed by atoms with Crippen molar-refractivity contribution >= 4 is 11.6 Å². The van der Waals surface area contributed by atoms with Crippen molar-refractivity contribution in [3.05, 3.63) is 11.4 Å². The molecular weight excluding hydrogens is 262 g/mol. The summed E-state index contributed by atoms with van der Waals surface area (Å²) in [5.41, 5.74) is 4.00. The van der Waals surface area contributed by atoms with E-state index in [4.69, 9.17) is 10.8 Å². The van der Waals surface area contributed by atoms with Gasteiger partial charge in [0.1, 0.15) is 17.5 Å². The largest absolute Gasteiger partial charge is 0.366 e. The van der Waals surface area contributed by atoms with Crippen LogP contribution < -0.4 is 16.6 Å². The summed E-state index contributed by atoms with van der Waals surface area (Å²) < 4.78 is 0. The SMILES string of the molecule is CCCc1nc(NN)c(C)c(NC2CCCCC2(C)C)n1. The van der Waals surface area contributed by atoms with Crippen LogP contribution in [0.15, 0.2) is 0 Å². The minimum atomic E-state index is 0.302. The number of nitrogen functional groups attached to an aromatic ring is 1. The monoisotopic (exact) mass is 291 g/mol. The van der Waals surface area contributed by atoms with Gasteiger partial charge >= 0.3 is 0 Å². The van der Waals surface area contributed by atoms with Gasteiger partial charge in [0.2, 0.25) is 0 Å². The van der Waals surface area contributed by atoms with Crippen molar-refractivity contribution in [1.29, 1.82) is 0 Å². The second-order valence-electron chi connectivity index (χ2n) is 6.79. The Hall–Kier alpha value is -1.36. The van der Waals surface area contributed by atoms with Crippen LogP contribution in [0.5, 0.6) is 0 Å². The van der Waals surface area contributed by atoms with Gasteiger partial charge in [-0.2, -0.15) is 0 Å². The first-order valence-corrected chi connectivity index (χ1v) is 8.08. The summed E-state index contributed by atoms with van der Waals surface area (Å²) in [6.45, 7) is 8.84. The minimum absolute atomic E-state index is 0.302. The van der Waals surface area contributed by atoms with Gasteiger partial charge in [0.25, 0.3) is 0 Å². The second-order valence-corrected chi connectivity index (χ2v) is 6.79. The van der Waals surface area contributed by atoms with Crippen molar-refractivity contribution in [3.63, 3.8) is 0 Å². The molecule has 0 amide bonds. The van der Waals surface area contributed by atoms with Crippen molar-refractivity contribution in [2.75, 3.05) is 10.7 Å². The molecule has 4 N–H and O–H groups in total. The highest BCUT2D eigenvalue weighted by atomic mass is 15.3. The molecule has 0 radical (unpaired) electrons. The molecule has 1 saturated carbocycles. The molecule has 1 aliphatic carbocycles. The highest BCUT2D eigenvalue weighted by Crippen LogP contribution is 2.37. The minimum Gasteiger partial charge on any atom is -0.366 e. The molecule has 21 heavy (non-hydrogen) atoms. The van der Waals surface area contributed by atoms with Crippen LogP contribution in [-0.4, -0.2) is 16.0 Å². The molecular formula is C16H29N5. The van der Waals surface area contributed by atoms with Crippen LogP contribution in [-0.2, 0) is 6.42 Å². The van der Waals surface area contributed by atoms with Crippen molar-refractivity contribution < 1.29 is 0 Å². The lowest BCUT2D eigenvalue weighted by Crippen LogP contribution is -2.39. The van der Waals surface area contributed by atoms with E-state index in [2.05, 4.69) is 36.5 Å². The topological polar surface area (TPSA) is 75.9 Å². The molecule has 0 aromatic carbocycles. The van der Waals surface area contributed by atoms with E-state index >= 15 is 0 Å². The lowest BCUT2D eigenvalue weighted by Gasteiger charge is -2.39. The molecule has 0 bridgehead atoms. The van der Waals surface area contributed by atoms with Gasteiger partial charge in [0, 0.05) is 18.0 Å². The van der Waals surface area contributed by atoms with Crippen LogP contribution in [0.4, 0.5) is 11.6 Å². The average molecular weight is 291 g/mol. The fourth-order valence-corrected chi connectivity index (χ4v) is 3.11. The summed E-state index contributed by atoms with van der Waals surface area (Å²) in [6, 6.07) is 0.458. The molecule has 118 valence electrons. The Kier molecular flexibility index (Phi) is 5.04. The number of hydrogen-bond donors (Lipinski definition) is 3. The van der Waals surface area contributed by atoms with E-state index in [1.54, 1.807) is 0 Å². The Morgan fingerprint density at radius 1 is 1.24 bits per heavy atom. The van der Waals surface area contributed by atoms with Gasteiger partial charge in [0.15, 0.2) is 0 Å². The first-order valence-electron chi connectivity index (χ1n) is 8.08. The zero-order valence-electron chi connectivity index (χ0n) is 13.8. The Labute approximate surface area is 128 Å². The molecule has 2 rings (SSSR count). The van der Waals surface area contributed by atoms with E-state index in [-0.39, 0.29) is 0 Å². The highest BCUT2D eigenvalue weighted by Gasteiger charge is 2.32. The van der Waals surface area contributed by atoms with Gasteiger partial charge in [-0.15, -0.1) is 0 Å². The smallest absolute Gasteiger partial charge is 0.148 e. The van der Waals surface area contributed by atoms with Gasteiger partial charge in [-0.1, -0.05) is 33.6 Å². The van der Waals surface area contributed by atoms with Gasteiger partial charge < -0.3 is 10.7 Å². The number of hydrogen-bond acceptors (Lipinski definition) is 5. The zero-order valence-corrected chi connectivity index (χ0v) is 13.8. The third kappa shape index (κ3) is 3.64. The number of aryl methyl sites for hydroxylation is 1. The number of hydrazine groups is 1. The first-order chi connectivity index (χ1) is 9.97. The third-order valence-electron chi connectivity index (χ3n) is 4.62. The lowest BCUT2D eigenvalue weighted by atomic mass is 9.73. The predicted octanol–water partition coefficient (Wildman–Crippen LogP) is 3.40. The number of nitrogens with one attached hydrogen (secondary N) is 2. The van der Waals surface area contributed by atoms with E-state index in [9.17, 15) is 0 Å². The van der Waals surface area contributed by atoms with Crippen molar-refractivity contribution in [1.82, 2.24) is 9.97 Å². The standard InChI is InChI=1S/C16H29N5/c1-5-8-13-19-14(11(2)15(20-13)21-17)18-12-9-6-7-10-16(12,3)4/h12H,5-10,17H2,1-4H3,(H2,18,19,20,21). The maximum atomic E-state index is 5.60. The molecule has 5 nitrogen and oxygen atoms in total. The summed E-state index contributed by atoms with van der Waals surface area (Å²) in [6.07, 6.45) is 6.97. The third-order valence-corrected chi connectivity index (χ3v) is 4.62. The number of anilines is 2. The zero-order chi connectivity index (χ0) is 15.5. The van der Waals surface area contributed by atoms with Crippen molar-refractivity contribution in [2.24, 2.45) is 11.3 Å². The number of aromatic nitrogens is 2. The fourth-order valence-electron chi connectivity index (χ4n) is 3.11. The molecule has 1 aromatic rings. The number of nitrogens with two attached hydrogens (primary N) is 1. The Morgan fingerprint density at radius 3 is 2.57 bits per heavy atom. The number of rotatable bonds is 5. The Morgan fingerprint density at radius 2 is 1.95 bits per heavy atom. The molecule has 1 aliphatic rings. The molecule has 1 aromatic heterocycles. The van der Waals surface area contributed by atoms with E-state index < -0.39 is 0 Å². The number of nitrogens with zero attached hydrogens (tertiary/aromatic N) is 2. The summed E-state index contributed by atoms with van der Waals surface area (Å²) in [7, 11) is 0. The van der Waals surface area contributed by atoms with Crippen LogP contribution in [0.2, 0.25) is 0 Å². The van der Waals surface area contributed by atoms with Gasteiger partial charge in [-0.3, -0.25) is 0 Å². The molecule has 1 fully saturated rings. The van der Waals surface area contributed by atoms with Crippen LogP contribution in [0, 0.1) is 12.3 Å². The van der Waals surface area contributed by atoms with Gasteiger partial charge in [-0.25, -0.2) is 15.8 Å². The lowest BCUT2D eigenvalue weighted by molar-refractivity contribution is 0.216. The van der Waals surface area contributed by atoms with Gasteiger partial charge in [0.05, 0.1) is 0 Å².